The fraction of sp³-hybridized carbons (Fsp3) is 0. The van der Waals surface area contributed by atoms with Crippen LogP contribution in [0.4, 0.5) is 0 Å². The van der Waals surface area contributed by atoms with Gasteiger partial charge in [0.2, 0.25) is 0 Å². The van der Waals surface area contributed by atoms with E-state index in [1.54, 1.807) is 30.5 Å². The first-order valence-electron chi connectivity index (χ1n) is 9.13. The van der Waals surface area contributed by atoms with Crippen LogP contribution in [0.2, 0.25) is 0 Å². The van der Waals surface area contributed by atoms with Crippen molar-refractivity contribution in [3.63, 3.8) is 0 Å². The van der Waals surface area contributed by atoms with Crippen LogP contribution < -0.4 is 11.5 Å². The summed E-state index contributed by atoms with van der Waals surface area (Å²) in [6, 6.07) is 14.5. The molecule has 0 spiro atoms. The third-order valence-electron chi connectivity index (χ3n) is 4.87. The molecule has 0 bridgehead atoms. The van der Waals surface area contributed by atoms with Crippen molar-refractivity contribution in [3.8, 4) is 22.9 Å². The number of fused-ring (bicyclic) bond motifs is 2. The van der Waals surface area contributed by atoms with E-state index in [9.17, 15) is 0 Å². The highest BCUT2D eigenvalue weighted by Gasteiger charge is 2.16. The topological polar surface area (TPSA) is 170 Å². The number of rotatable bonds is 4. The van der Waals surface area contributed by atoms with Gasteiger partial charge in [0, 0.05) is 22.9 Å². The molecule has 0 unspecified atom stereocenters. The van der Waals surface area contributed by atoms with Gasteiger partial charge in [-0.25, -0.2) is 9.97 Å². The van der Waals surface area contributed by atoms with Crippen molar-refractivity contribution in [2.45, 2.75) is 0 Å². The number of aromatic nitrogens is 5. The summed E-state index contributed by atoms with van der Waals surface area (Å²) in [6.07, 6.45) is 1.70. The van der Waals surface area contributed by atoms with E-state index in [4.69, 9.17) is 22.3 Å². The molecule has 5 rings (SSSR count). The molecule has 0 aliphatic heterocycles. The number of H-pyrrole nitrogens is 2. The molecule has 0 radical (unpaired) electrons. The number of aromatic amines is 2. The number of benzene rings is 2. The summed E-state index contributed by atoms with van der Waals surface area (Å²) in [5.74, 6) is 1.23. The third-order valence-corrected chi connectivity index (χ3v) is 4.87. The van der Waals surface area contributed by atoms with Gasteiger partial charge >= 0.3 is 0 Å². The molecule has 9 heteroatoms. The number of nitrogens with zero attached hydrogens (tertiary/aromatic N) is 3. The summed E-state index contributed by atoms with van der Waals surface area (Å²) in [5.41, 5.74) is 16.9. The van der Waals surface area contributed by atoms with Crippen LogP contribution in [0.15, 0.2) is 54.7 Å². The van der Waals surface area contributed by atoms with Gasteiger partial charge < -0.3 is 21.4 Å². The van der Waals surface area contributed by atoms with Gasteiger partial charge in [-0.15, -0.1) is 0 Å². The van der Waals surface area contributed by atoms with Gasteiger partial charge in [0.1, 0.15) is 23.2 Å². The van der Waals surface area contributed by atoms with Crippen molar-refractivity contribution in [1.29, 1.82) is 10.8 Å². The average molecular weight is 395 g/mol. The Kier molecular flexibility index (Phi) is 3.82. The largest absolute Gasteiger partial charge is 0.384 e. The van der Waals surface area contributed by atoms with Crippen LogP contribution in [0.3, 0.4) is 0 Å². The van der Waals surface area contributed by atoms with Gasteiger partial charge in [0.15, 0.2) is 5.82 Å². The molecule has 0 aliphatic carbocycles. The number of hydrogen-bond donors (Lipinski definition) is 6. The molecule has 30 heavy (non-hydrogen) atoms. The lowest BCUT2D eigenvalue weighted by atomic mass is 10.1. The molecule has 0 fully saturated rings. The summed E-state index contributed by atoms with van der Waals surface area (Å²) in [4.78, 5) is 20.4. The zero-order valence-corrected chi connectivity index (χ0v) is 15.7. The van der Waals surface area contributed by atoms with Crippen molar-refractivity contribution in [3.05, 3.63) is 65.9 Å². The predicted molar refractivity (Wildman–Crippen MR) is 116 cm³/mol. The summed E-state index contributed by atoms with van der Waals surface area (Å²) >= 11 is 0. The molecule has 5 aromatic rings. The number of nitrogens with one attached hydrogen (secondary N) is 4. The molecule has 9 nitrogen and oxygen atoms in total. The van der Waals surface area contributed by atoms with E-state index in [-0.39, 0.29) is 11.7 Å². The van der Waals surface area contributed by atoms with Gasteiger partial charge in [-0.05, 0) is 48.5 Å². The van der Waals surface area contributed by atoms with Gasteiger partial charge in [0.05, 0.1) is 22.1 Å². The van der Waals surface area contributed by atoms with Crippen molar-refractivity contribution in [1.82, 2.24) is 24.9 Å². The lowest BCUT2D eigenvalue weighted by Gasteiger charge is -2.03. The molecule has 2 aromatic carbocycles. The van der Waals surface area contributed by atoms with Crippen molar-refractivity contribution in [2.75, 3.05) is 0 Å². The number of imidazole rings is 2. The van der Waals surface area contributed by atoms with Crippen LogP contribution in [0.25, 0.3) is 45.0 Å². The van der Waals surface area contributed by atoms with Crippen LogP contribution in [0.5, 0.6) is 0 Å². The van der Waals surface area contributed by atoms with Crippen LogP contribution >= 0.6 is 0 Å². The first kappa shape index (κ1) is 17.6. The van der Waals surface area contributed by atoms with Crippen LogP contribution in [-0.2, 0) is 0 Å². The summed E-state index contributed by atoms with van der Waals surface area (Å²) in [6.45, 7) is 0. The van der Waals surface area contributed by atoms with E-state index in [0.29, 0.717) is 28.5 Å². The fourth-order valence-electron chi connectivity index (χ4n) is 3.38. The number of hydrogen-bond acceptors (Lipinski definition) is 5. The van der Waals surface area contributed by atoms with Gasteiger partial charge in [0.25, 0.3) is 0 Å². The summed E-state index contributed by atoms with van der Waals surface area (Å²) in [7, 11) is 0. The Bertz CT molecular complexity index is 1350. The van der Waals surface area contributed by atoms with Crippen molar-refractivity contribution >= 4 is 33.7 Å². The number of pyridine rings is 1. The fourth-order valence-corrected chi connectivity index (χ4v) is 3.38. The van der Waals surface area contributed by atoms with E-state index >= 15 is 0 Å². The molecule has 3 heterocycles. The minimum atomic E-state index is -0.00113. The first-order chi connectivity index (χ1) is 14.5. The number of amidine groups is 2. The molecular formula is C21H17N9. The molecule has 146 valence electrons. The van der Waals surface area contributed by atoms with Crippen molar-refractivity contribution in [2.24, 2.45) is 11.5 Å². The monoisotopic (exact) mass is 395 g/mol. The highest BCUT2D eigenvalue weighted by molar-refractivity contribution is 5.99. The maximum Gasteiger partial charge on any atom is 0.157 e. The second-order valence-electron chi connectivity index (χ2n) is 6.86. The quantitative estimate of drug-likeness (QED) is 0.203. The lowest BCUT2D eigenvalue weighted by molar-refractivity contribution is 1.22. The van der Waals surface area contributed by atoms with Gasteiger partial charge in [-0.2, -0.15) is 0 Å². The van der Waals surface area contributed by atoms with Crippen LogP contribution in [0.1, 0.15) is 11.1 Å². The second-order valence-corrected chi connectivity index (χ2v) is 6.86. The zero-order chi connectivity index (χ0) is 20.8. The first-order valence-corrected chi connectivity index (χ1v) is 9.13. The van der Waals surface area contributed by atoms with E-state index in [1.165, 1.54) is 0 Å². The second kappa shape index (κ2) is 6.52. The lowest BCUT2D eigenvalue weighted by Crippen LogP contribution is -2.10. The smallest absolute Gasteiger partial charge is 0.157 e. The molecule has 3 aromatic heterocycles. The van der Waals surface area contributed by atoms with Crippen LogP contribution in [0, 0.1) is 10.8 Å². The zero-order valence-electron chi connectivity index (χ0n) is 15.7. The van der Waals surface area contributed by atoms with Gasteiger partial charge in [-0.3, -0.25) is 15.8 Å². The van der Waals surface area contributed by atoms with E-state index in [0.717, 1.165) is 27.6 Å². The highest BCUT2D eigenvalue weighted by atomic mass is 15.0. The summed E-state index contributed by atoms with van der Waals surface area (Å²) < 4.78 is 0. The third kappa shape index (κ3) is 2.85. The Morgan fingerprint density at radius 2 is 1.33 bits per heavy atom. The number of nitrogen functional groups attached to an aromatic ring is 2. The van der Waals surface area contributed by atoms with Gasteiger partial charge in [-0.1, -0.05) is 0 Å². The Balaban J connectivity index is 1.64. The highest BCUT2D eigenvalue weighted by Crippen LogP contribution is 2.30. The maximum absolute atomic E-state index is 7.62. The van der Waals surface area contributed by atoms with E-state index in [1.807, 2.05) is 24.3 Å². The Hall–Kier alpha value is -4.53. The SMILES string of the molecule is N=C(N)c1ccc2nc(-c3cccnc3-c3nc4ccc(C(=N)N)cc4[nH]3)[nH]c2c1. The number of nitrogens with two attached hydrogens (primary N) is 2. The molecule has 0 saturated heterocycles. The molecule has 0 saturated carbocycles. The van der Waals surface area contributed by atoms with E-state index in [2.05, 4.69) is 24.9 Å². The van der Waals surface area contributed by atoms with E-state index < -0.39 is 0 Å². The Morgan fingerprint density at radius 3 is 1.93 bits per heavy atom. The minimum Gasteiger partial charge on any atom is -0.384 e. The Labute approximate surface area is 170 Å². The standard InChI is InChI=1S/C21H17N9/c22-18(23)10-3-5-13-15(8-10)29-20(27-13)12-2-1-7-26-17(12)21-28-14-6-4-11(19(24)25)9-16(14)30-21/h1-9H,(H3,22,23)(H3,24,25)(H,27,29)(H,28,30). The molecule has 0 atom stereocenters. The molecule has 8 N–H and O–H groups in total. The molecule has 0 aliphatic rings. The van der Waals surface area contributed by atoms with Crippen molar-refractivity contribution < 1.29 is 0 Å². The Morgan fingerprint density at radius 1 is 0.767 bits per heavy atom. The average Bonchev–Trinajstić information content (AvgIpc) is 3.36. The minimum absolute atomic E-state index is 0.00113. The molecular weight excluding hydrogens is 378 g/mol. The maximum atomic E-state index is 7.62. The van der Waals surface area contributed by atoms with Crippen LogP contribution in [-0.4, -0.2) is 36.6 Å². The summed E-state index contributed by atoms with van der Waals surface area (Å²) in [5, 5.41) is 15.2. The predicted octanol–water partition coefficient (Wildman–Crippen LogP) is 2.74. The normalized spacial score (nSPS) is 11.2. The molecule has 0 amide bonds.